The van der Waals surface area contributed by atoms with Crippen LogP contribution in [0.5, 0.6) is 0 Å². The number of hydrogen-bond donors (Lipinski definition) is 0. The predicted molar refractivity (Wildman–Crippen MR) is 219 cm³/mol. The highest BCUT2D eigenvalue weighted by molar-refractivity contribution is 7.26. The van der Waals surface area contributed by atoms with Crippen LogP contribution in [0.4, 0.5) is 17.1 Å². The summed E-state index contributed by atoms with van der Waals surface area (Å²) in [5.41, 5.74) is 11.2. The Morgan fingerprint density at radius 2 is 1.00 bits per heavy atom. The number of para-hydroxylation sites is 3. The van der Waals surface area contributed by atoms with E-state index < -0.39 is 0 Å². The van der Waals surface area contributed by atoms with E-state index in [4.69, 9.17) is 8.83 Å². The van der Waals surface area contributed by atoms with E-state index in [9.17, 15) is 0 Å². The van der Waals surface area contributed by atoms with Crippen LogP contribution in [0.15, 0.2) is 185 Å². The molecule has 8 aromatic carbocycles. The standard InChI is InChI=1S/C48H29NO2S/c1-2-10-30(11-3-1)31-20-24-33(25-21-31)49(40-17-9-15-37-36-12-4-6-18-41(36)50-48(37)40)34-26-22-32(23-27-34)35-14-8-16-39-45-42(51-47(35)39)28-29-44-46(45)38-13-5-7-19-43(38)52-44/h1-29H. The summed E-state index contributed by atoms with van der Waals surface area (Å²) in [5, 5.41) is 7.09. The third-order valence-electron chi connectivity index (χ3n) is 10.3. The van der Waals surface area contributed by atoms with Crippen molar-refractivity contribution in [1.29, 1.82) is 0 Å². The maximum absolute atomic E-state index is 6.69. The molecule has 0 radical (unpaired) electrons. The third-order valence-corrected chi connectivity index (χ3v) is 11.4. The first-order chi connectivity index (χ1) is 25.8. The van der Waals surface area contributed by atoms with Crippen molar-refractivity contribution in [3.8, 4) is 22.3 Å². The highest BCUT2D eigenvalue weighted by Crippen LogP contribution is 2.46. The second kappa shape index (κ2) is 11.5. The molecule has 244 valence electrons. The molecule has 52 heavy (non-hydrogen) atoms. The van der Waals surface area contributed by atoms with Gasteiger partial charge in [-0.25, -0.2) is 0 Å². The molecular formula is C48H29NO2S. The summed E-state index contributed by atoms with van der Waals surface area (Å²) < 4.78 is 15.8. The summed E-state index contributed by atoms with van der Waals surface area (Å²) >= 11 is 1.84. The van der Waals surface area contributed by atoms with Crippen molar-refractivity contribution in [2.75, 3.05) is 4.90 Å². The zero-order valence-electron chi connectivity index (χ0n) is 27.9. The van der Waals surface area contributed by atoms with E-state index in [1.54, 1.807) is 0 Å². The molecule has 3 nitrogen and oxygen atoms in total. The van der Waals surface area contributed by atoms with Gasteiger partial charge in [0.25, 0.3) is 0 Å². The molecular weight excluding hydrogens is 655 g/mol. The Hall–Kier alpha value is -6.62. The van der Waals surface area contributed by atoms with Gasteiger partial charge in [0.05, 0.1) is 5.69 Å². The molecule has 0 bridgehead atoms. The van der Waals surface area contributed by atoms with Crippen LogP contribution in [0.3, 0.4) is 0 Å². The van der Waals surface area contributed by atoms with Crippen LogP contribution in [-0.2, 0) is 0 Å². The van der Waals surface area contributed by atoms with Crippen LogP contribution in [-0.4, -0.2) is 0 Å². The van der Waals surface area contributed by atoms with Crippen LogP contribution < -0.4 is 4.90 Å². The Morgan fingerprint density at radius 1 is 0.365 bits per heavy atom. The number of thiophene rings is 1. The zero-order valence-corrected chi connectivity index (χ0v) is 28.7. The number of anilines is 3. The second-order valence-electron chi connectivity index (χ2n) is 13.2. The van der Waals surface area contributed by atoms with E-state index in [1.165, 1.54) is 36.7 Å². The molecule has 11 rings (SSSR count). The molecule has 0 fully saturated rings. The van der Waals surface area contributed by atoms with E-state index >= 15 is 0 Å². The Balaban J connectivity index is 1.06. The lowest BCUT2D eigenvalue weighted by molar-refractivity contribution is 0.669. The van der Waals surface area contributed by atoms with E-state index in [0.717, 1.165) is 66.7 Å². The van der Waals surface area contributed by atoms with E-state index in [1.807, 2.05) is 23.5 Å². The van der Waals surface area contributed by atoms with Crippen molar-refractivity contribution in [2.45, 2.75) is 0 Å². The molecule has 0 aliphatic heterocycles. The number of rotatable bonds is 5. The molecule has 0 N–H and O–H groups in total. The SMILES string of the molecule is c1ccc(-c2ccc(N(c3ccc(-c4cccc5c4oc4ccc6sc7ccccc7c6c45)cc3)c3cccc4c3oc3ccccc34)cc2)cc1. The highest BCUT2D eigenvalue weighted by atomic mass is 32.1. The smallest absolute Gasteiger partial charge is 0.159 e. The zero-order chi connectivity index (χ0) is 34.2. The molecule has 0 amide bonds. The first-order valence-electron chi connectivity index (χ1n) is 17.5. The quantitative estimate of drug-likeness (QED) is 0.181. The lowest BCUT2D eigenvalue weighted by Crippen LogP contribution is -2.10. The van der Waals surface area contributed by atoms with E-state index in [0.29, 0.717) is 0 Å². The predicted octanol–water partition coefficient (Wildman–Crippen LogP) is 14.7. The maximum Gasteiger partial charge on any atom is 0.159 e. The lowest BCUT2D eigenvalue weighted by Gasteiger charge is -2.26. The molecule has 0 aliphatic carbocycles. The van der Waals surface area contributed by atoms with Crippen molar-refractivity contribution in [3.05, 3.63) is 176 Å². The minimum Gasteiger partial charge on any atom is -0.455 e. The average molecular weight is 684 g/mol. The molecule has 4 heteroatoms. The fraction of sp³-hybridized carbons (Fsp3) is 0. The molecule has 0 aliphatic rings. The fourth-order valence-electron chi connectivity index (χ4n) is 7.89. The molecule has 3 heterocycles. The molecule has 0 atom stereocenters. The topological polar surface area (TPSA) is 29.5 Å². The van der Waals surface area contributed by atoms with Gasteiger partial charge in [-0.1, -0.05) is 121 Å². The molecule has 3 aromatic heterocycles. The Morgan fingerprint density at radius 3 is 1.83 bits per heavy atom. The monoisotopic (exact) mass is 683 g/mol. The van der Waals surface area contributed by atoms with Crippen molar-refractivity contribution in [2.24, 2.45) is 0 Å². The number of fused-ring (bicyclic) bond motifs is 10. The van der Waals surface area contributed by atoms with Gasteiger partial charge in [0, 0.05) is 58.7 Å². The largest absolute Gasteiger partial charge is 0.455 e. The lowest BCUT2D eigenvalue weighted by atomic mass is 10.00. The Labute approximate surface area is 303 Å². The van der Waals surface area contributed by atoms with Gasteiger partial charge in [0.1, 0.15) is 16.7 Å². The maximum atomic E-state index is 6.69. The molecule has 11 aromatic rings. The van der Waals surface area contributed by atoms with Crippen LogP contribution in [0.25, 0.3) is 86.3 Å². The number of benzene rings is 8. The first kappa shape index (κ1) is 29.1. The molecule has 0 spiro atoms. The fourth-order valence-corrected chi connectivity index (χ4v) is 9.00. The van der Waals surface area contributed by atoms with Gasteiger partial charge in [-0.3, -0.25) is 0 Å². The van der Waals surface area contributed by atoms with E-state index in [-0.39, 0.29) is 0 Å². The number of hydrogen-bond acceptors (Lipinski definition) is 4. The third kappa shape index (κ3) is 4.45. The normalized spacial score (nSPS) is 11.8. The van der Waals surface area contributed by atoms with Crippen LogP contribution in [0, 0.1) is 0 Å². The molecule has 0 saturated carbocycles. The summed E-state index contributed by atoms with van der Waals surface area (Å²) in [4.78, 5) is 2.30. The van der Waals surface area contributed by atoms with E-state index in [2.05, 4.69) is 169 Å². The van der Waals surface area contributed by atoms with Crippen LogP contribution >= 0.6 is 11.3 Å². The molecule has 0 unspecified atom stereocenters. The van der Waals surface area contributed by atoms with Gasteiger partial charge in [-0.05, 0) is 71.3 Å². The van der Waals surface area contributed by atoms with Crippen LogP contribution in [0.2, 0.25) is 0 Å². The van der Waals surface area contributed by atoms with Crippen LogP contribution in [0.1, 0.15) is 0 Å². The number of furan rings is 2. The van der Waals surface area contributed by atoms with Gasteiger partial charge in [-0.15, -0.1) is 11.3 Å². The second-order valence-corrected chi connectivity index (χ2v) is 14.3. The number of nitrogens with zero attached hydrogens (tertiary/aromatic N) is 1. The van der Waals surface area contributed by atoms with Crippen molar-refractivity contribution in [3.63, 3.8) is 0 Å². The van der Waals surface area contributed by atoms with Gasteiger partial charge in [-0.2, -0.15) is 0 Å². The summed E-state index contributed by atoms with van der Waals surface area (Å²) in [7, 11) is 0. The molecule has 0 saturated heterocycles. The summed E-state index contributed by atoms with van der Waals surface area (Å²) in [6, 6.07) is 62.3. The Bertz CT molecular complexity index is 3110. The van der Waals surface area contributed by atoms with Gasteiger partial charge in [0.15, 0.2) is 5.58 Å². The van der Waals surface area contributed by atoms with Crippen molar-refractivity contribution >= 4 is 92.4 Å². The van der Waals surface area contributed by atoms with Gasteiger partial charge >= 0.3 is 0 Å². The highest BCUT2D eigenvalue weighted by Gasteiger charge is 2.21. The Kier molecular flexibility index (Phi) is 6.42. The summed E-state index contributed by atoms with van der Waals surface area (Å²) in [6.07, 6.45) is 0. The van der Waals surface area contributed by atoms with Crippen molar-refractivity contribution < 1.29 is 8.83 Å². The summed E-state index contributed by atoms with van der Waals surface area (Å²) in [5.74, 6) is 0. The minimum atomic E-state index is 0.860. The average Bonchev–Trinajstić information content (AvgIpc) is 3.90. The first-order valence-corrected chi connectivity index (χ1v) is 18.3. The van der Waals surface area contributed by atoms with Gasteiger partial charge < -0.3 is 13.7 Å². The minimum absolute atomic E-state index is 0.860. The summed E-state index contributed by atoms with van der Waals surface area (Å²) in [6.45, 7) is 0. The van der Waals surface area contributed by atoms with Crippen molar-refractivity contribution in [1.82, 2.24) is 0 Å². The van der Waals surface area contributed by atoms with Gasteiger partial charge in [0.2, 0.25) is 0 Å².